The third-order valence-electron chi connectivity index (χ3n) is 2.54. The summed E-state index contributed by atoms with van der Waals surface area (Å²) in [6, 6.07) is 5.42. The van der Waals surface area contributed by atoms with Gasteiger partial charge < -0.3 is 5.32 Å². The first-order valence-corrected chi connectivity index (χ1v) is 7.04. The molecule has 0 radical (unpaired) electrons. The van der Waals surface area contributed by atoms with Crippen LogP contribution in [0.15, 0.2) is 18.2 Å². The molecule has 1 atom stereocenters. The van der Waals surface area contributed by atoms with Gasteiger partial charge in [-0.1, -0.05) is 17.7 Å². The monoisotopic (exact) mass is 261 g/mol. The van der Waals surface area contributed by atoms with Gasteiger partial charge in [0.1, 0.15) is 5.82 Å². The minimum absolute atomic E-state index is 0.189. The summed E-state index contributed by atoms with van der Waals surface area (Å²) in [6.07, 6.45) is 4.02. The van der Waals surface area contributed by atoms with Crippen molar-refractivity contribution < 1.29 is 4.39 Å². The van der Waals surface area contributed by atoms with Crippen LogP contribution < -0.4 is 5.32 Å². The lowest BCUT2D eigenvalue weighted by Crippen LogP contribution is -2.28. The smallest absolute Gasteiger partial charge is 0.142 e. The molecule has 16 heavy (non-hydrogen) atoms. The molecule has 90 valence electrons. The van der Waals surface area contributed by atoms with Gasteiger partial charge in [0, 0.05) is 6.04 Å². The normalized spacial score (nSPS) is 12.8. The number of halogens is 2. The van der Waals surface area contributed by atoms with Gasteiger partial charge >= 0.3 is 0 Å². The first kappa shape index (κ1) is 13.8. The van der Waals surface area contributed by atoms with E-state index in [9.17, 15) is 4.39 Å². The summed E-state index contributed by atoms with van der Waals surface area (Å²) in [4.78, 5) is 0. The molecule has 0 aliphatic carbocycles. The number of hydrogen-bond donors (Lipinski definition) is 1. The molecular formula is C12H17ClFNS. The van der Waals surface area contributed by atoms with E-state index in [1.165, 1.54) is 6.07 Å². The summed E-state index contributed by atoms with van der Waals surface area (Å²) < 4.78 is 13.2. The van der Waals surface area contributed by atoms with Crippen LogP contribution in [0.2, 0.25) is 5.02 Å². The maximum absolute atomic E-state index is 13.2. The van der Waals surface area contributed by atoms with Gasteiger partial charge in [0.05, 0.1) is 5.02 Å². The second-order valence-electron chi connectivity index (χ2n) is 3.72. The number of benzene rings is 1. The average molecular weight is 262 g/mol. The van der Waals surface area contributed by atoms with Crippen LogP contribution in [0.5, 0.6) is 0 Å². The zero-order valence-electron chi connectivity index (χ0n) is 9.59. The molecule has 0 aliphatic rings. The number of rotatable bonds is 6. The Hall–Kier alpha value is -0.250. The van der Waals surface area contributed by atoms with E-state index in [-0.39, 0.29) is 10.8 Å². The predicted molar refractivity (Wildman–Crippen MR) is 71.0 cm³/mol. The fraction of sp³-hybridized carbons (Fsp3) is 0.500. The Labute approximate surface area is 106 Å². The van der Waals surface area contributed by atoms with Crippen molar-refractivity contribution >= 4 is 23.4 Å². The van der Waals surface area contributed by atoms with Crippen molar-refractivity contribution in [3.8, 4) is 0 Å². The SMILES string of the molecule is CNC(CCSC)Cc1ccc(Cl)c(F)c1. The number of likely N-dealkylation sites (N-methyl/N-ethyl adjacent to an activating group) is 1. The summed E-state index contributed by atoms with van der Waals surface area (Å²) in [7, 11) is 1.94. The van der Waals surface area contributed by atoms with E-state index in [0.717, 1.165) is 24.2 Å². The second-order valence-corrected chi connectivity index (χ2v) is 5.11. The standard InChI is InChI=1S/C12H17ClFNS/c1-15-10(5-6-16-2)7-9-3-4-11(13)12(14)8-9/h3-4,8,10,15H,5-7H2,1-2H3. The Balaban J connectivity index is 2.59. The van der Waals surface area contributed by atoms with Crippen LogP contribution >= 0.6 is 23.4 Å². The summed E-state index contributed by atoms with van der Waals surface area (Å²) in [5.74, 6) is 0.778. The third-order valence-corrected chi connectivity index (χ3v) is 3.50. The number of hydrogen-bond acceptors (Lipinski definition) is 2. The summed E-state index contributed by atoms with van der Waals surface area (Å²) in [5, 5.41) is 3.44. The summed E-state index contributed by atoms with van der Waals surface area (Å²) in [6.45, 7) is 0. The Morgan fingerprint density at radius 3 is 2.81 bits per heavy atom. The topological polar surface area (TPSA) is 12.0 Å². The molecule has 1 aromatic rings. The highest BCUT2D eigenvalue weighted by Gasteiger charge is 2.08. The quantitative estimate of drug-likeness (QED) is 0.843. The fourth-order valence-corrected chi connectivity index (χ4v) is 2.20. The largest absolute Gasteiger partial charge is 0.317 e. The van der Waals surface area contributed by atoms with Gasteiger partial charge in [-0.3, -0.25) is 0 Å². The van der Waals surface area contributed by atoms with Crippen molar-refractivity contribution in [2.24, 2.45) is 0 Å². The Morgan fingerprint density at radius 2 is 2.25 bits per heavy atom. The summed E-state index contributed by atoms with van der Waals surface area (Å²) >= 11 is 7.47. The van der Waals surface area contributed by atoms with Crippen LogP contribution in [0.4, 0.5) is 4.39 Å². The van der Waals surface area contributed by atoms with Crippen molar-refractivity contribution in [3.05, 3.63) is 34.6 Å². The molecule has 0 aromatic heterocycles. The van der Waals surface area contributed by atoms with Gasteiger partial charge in [-0.2, -0.15) is 11.8 Å². The van der Waals surface area contributed by atoms with Crippen LogP contribution in [0.25, 0.3) is 0 Å². The lowest BCUT2D eigenvalue weighted by Gasteiger charge is -2.15. The molecular weight excluding hydrogens is 245 g/mol. The van der Waals surface area contributed by atoms with Crippen molar-refractivity contribution in [3.63, 3.8) is 0 Å². The molecule has 1 aromatic carbocycles. The molecule has 0 bridgehead atoms. The average Bonchev–Trinajstić information content (AvgIpc) is 2.29. The number of nitrogens with one attached hydrogen (secondary N) is 1. The Morgan fingerprint density at radius 1 is 1.50 bits per heavy atom. The Kier molecular flexibility index (Phi) is 6.17. The van der Waals surface area contributed by atoms with Crippen LogP contribution in [-0.2, 0) is 6.42 Å². The van der Waals surface area contributed by atoms with Crippen molar-refractivity contribution in [2.45, 2.75) is 18.9 Å². The molecule has 0 saturated heterocycles. The minimum atomic E-state index is -0.334. The summed E-state index contributed by atoms with van der Waals surface area (Å²) in [5.41, 5.74) is 0.988. The predicted octanol–water partition coefficient (Wildman–Crippen LogP) is 3.36. The van der Waals surface area contributed by atoms with Gasteiger partial charge in [-0.15, -0.1) is 0 Å². The van der Waals surface area contributed by atoms with Gasteiger partial charge in [0.2, 0.25) is 0 Å². The van der Waals surface area contributed by atoms with E-state index < -0.39 is 0 Å². The first-order chi connectivity index (χ1) is 7.67. The van der Waals surface area contributed by atoms with E-state index in [4.69, 9.17) is 11.6 Å². The molecule has 1 nitrogen and oxygen atoms in total. The van der Waals surface area contributed by atoms with Gasteiger partial charge in [-0.05, 0) is 49.6 Å². The lowest BCUT2D eigenvalue weighted by molar-refractivity contribution is 0.544. The molecule has 0 fully saturated rings. The molecule has 1 rings (SSSR count). The van der Waals surface area contributed by atoms with Crippen LogP contribution in [0.3, 0.4) is 0 Å². The van der Waals surface area contributed by atoms with Gasteiger partial charge in [0.15, 0.2) is 0 Å². The Bertz CT molecular complexity index is 333. The van der Waals surface area contributed by atoms with Crippen molar-refractivity contribution in [2.75, 3.05) is 19.1 Å². The third kappa shape index (κ3) is 4.32. The van der Waals surface area contributed by atoms with Crippen molar-refractivity contribution in [1.82, 2.24) is 5.32 Å². The van der Waals surface area contributed by atoms with E-state index in [1.807, 2.05) is 24.9 Å². The molecule has 0 aliphatic heterocycles. The van der Waals surface area contributed by atoms with Crippen LogP contribution in [0, 0.1) is 5.82 Å². The van der Waals surface area contributed by atoms with Gasteiger partial charge in [0.25, 0.3) is 0 Å². The van der Waals surface area contributed by atoms with E-state index in [2.05, 4.69) is 11.6 Å². The van der Waals surface area contributed by atoms with E-state index in [0.29, 0.717) is 6.04 Å². The highest BCUT2D eigenvalue weighted by atomic mass is 35.5. The molecule has 1 unspecified atom stereocenters. The fourth-order valence-electron chi connectivity index (χ4n) is 1.56. The number of thioether (sulfide) groups is 1. The highest BCUT2D eigenvalue weighted by molar-refractivity contribution is 7.98. The minimum Gasteiger partial charge on any atom is -0.317 e. The van der Waals surface area contributed by atoms with E-state index >= 15 is 0 Å². The first-order valence-electron chi connectivity index (χ1n) is 5.27. The van der Waals surface area contributed by atoms with Crippen molar-refractivity contribution in [1.29, 1.82) is 0 Å². The zero-order valence-corrected chi connectivity index (χ0v) is 11.2. The zero-order chi connectivity index (χ0) is 12.0. The van der Waals surface area contributed by atoms with E-state index in [1.54, 1.807) is 6.07 Å². The molecule has 1 N–H and O–H groups in total. The van der Waals surface area contributed by atoms with Crippen LogP contribution in [-0.4, -0.2) is 25.1 Å². The molecule has 0 heterocycles. The molecule has 4 heteroatoms. The maximum Gasteiger partial charge on any atom is 0.142 e. The molecule has 0 saturated carbocycles. The second kappa shape index (κ2) is 7.15. The maximum atomic E-state index is 13.2. The van der Waals surface area contributed by atoms with Crippen LogP contribution in [0.1, 0.15) is 12.0 Å². The van der Waals surface area contributed by atoms with Gasteiger partial charge in [-0.25, -0.2) is 4.39 Å². The lowest BCUT2D eigenvalue weighted by atomic mass is 10.0. The molecule has 0 spiro atoms. The molecule has 0 amide bonds. The highest BCUT2D eigenvalue weighted by Crippen LogP contribution is 2.17.